The Labute approximate surface area is 178 Å². The average Bonchev–Trinajstić information content (AvgIpc) is 2.57. The van der Waals surface area contributed by atoms with Crippen molar-refractivity contribution < 1.29 is 9.53 Å². The Morgan fingerprint density at radius 1 is 0.920 bits per heavy atom. The van der Waals surface area contributed by atoms with Gasteiger partial charge in [-0.15, -0.1) is 0 Å². The molecule has 3 nitrogen and oxygen atoms in total. The second kappa shape index (κ2) is 20.5. The first kappa shape index (κ1) is 27.4. The number of methoxy groups -OCH3 is 1. The van der Waals surface area contributed by atoms with Gasteiger partial charge in [-0.2, -0.15) is 0 Å². The summed E-state index contributed by atoms with van der Waals surface area (Å²) in [6.07, 6.45) is 20.9. The summed E-state index contributed by atoms with van der Waals surface area (Å²) in [6.45, 7) is 4.15. The summed E-state index contributed by atoms with van der Waals surface area (Å²) >= 11 is 0. The topological polar surface area (TPSA) is 52.3 Å². The standard InChI is InChI=1S/C21H41NO2.Na.H/c1-4-5-6-7-8-9-10-11-12-13-14-15-16-17-18-20(19(2)22)21(23)24-3;;/h11-12,19-20H,4-10,13-18,22H2,1-3H3;;/b12-11-;;. The van der Waals surface area contributed by atoms with Crippen LogP contribution < -0.4 is 5.73 Å². The van der Waals surface area contributed by atoms with E-state index in [-0.39, 0.29) is 47.5 Å². The van der Waals surface area contributed by atoms with Gasteiger partial charge < -0.3 is 10.5 Å². The van der Waals surface area contributed by atoms with E-state index in [1.165, 1.54) is 77.7 Å². The fourth-order valence-electron chi connectivity index (χ4n) is 3.00. The van der Waals surface area contributed by atoms with E-state index in [0.29, 0.717) is 0 Å². The number of nitrogens with two attached hydrogens (primary N) is 1. The average molecular weight is 364 g/mol. The van der Waals surface area contributed by atoms with Crippen molar-refractivity contribution in [2.45, 2.75) is 103 Å². The number of unbranched alkanes of at least 4 members (excludes halogenated alkanes) is 10. The van der Waals surface area contributed by atoms with Crippen LogP contribution in [0.15, 0.2) is 12.2 Å². The molecule has 0 aromatic carbocycles. The van der Waals surface area contributed by atoms with Crippen molar-refractivity contribution in [3.63, 3.8) is 0 Å². The van der Waals surface area contributed by atoms with Gasteiger partial charge in [0.15, 0.2) is 0 Å². The summed E-state index contributed by atoms with van der Waals surface area (Å²) in [4.78, 5) is 11.6. The molecule has 25 heavy (non-hydrogen) atoms. The van der Waals surface area contributed by atoms with Crippen molar-refractivity contribution in [2.75, 3.05) is 7.11 Å². The molecule has 2 N–H and O–H groups in total. The predicted octanol–water partition coefficient (Wildman–Crippen LogP) is 5.12. The quantitative estimate of drug-likeness (QED) is 0.179. The van der Waals surface area contributed by atoms with Crippen LogP contribution >= 0.6 is 0 Å². The summed E-state index contributed by atoms with van der Waals surface area (Å²) in [5.41, 5.74) is 5.86. The number of carbonyl (C=O) groups excluding carboxylic acids is 1. The molecule has 0 bridgehead atoms. The maximum absolute atomic E-state index is 11.6. The van der Waals surface area contributed by atoms with Gasteiger partial charge in [0.1, 0.15) is 0 Å². The number of esters is 1. The van der Waals surface area contributed by atoms with E-state index in [1.54, 1.807) is 0 Å². The van der Waals surface area contributed by atoms with Crippen LogP contribution in [0.25, 0.3) is 0 Å². The molecule has 0 heterocycles. The molecule has 0 fully saturated rings. The minimum absolute atomic E-state index is 0. The molecule has 144 valence electrons. The molecule has 0 saturated heterocycles. The van der Waals surface area contributed by atoms with E-state index in [1.807, 2.05) is 6.92 Å². The molecule has 0 aliphatic rings. The molecular formula is C21H42NNaO2. The van der Waals surface area contributed by atoms with Gasteiger partial charge in [0.2, 0.25) is 0 Å². The third-order valence-electron chi connectivity index (χ3n) is 4.67. The summed E-state index contributed by atoms with van der Waals surface area (Å²) in [7, 11) is 1.44. The van der Waals surface area contributed by atoms with Crippen LogP contribution in [0.5, 0.6) is 0 Å². The van der Waals surface area contributed by atoms with Gasteiger partial charge in [-0.3, -0.25) is 4.79 Å². The van der Waals surface area contributed by atoms with Crippen molar-refractivity contribution in [1.82, 2.24) is 0 Å². The number of carbonyl (C=O) groups is 1. The van der Waals surface area contributed by atoms with Crippen LogP contribution in [0.3, 0.4) is 0 Å². The molecule has 2 atom stereocenters. The Balaban J connectivity index is 0. The normalized spacial score (nSPS) is 13.4. The Bertz CT molecular complexity index is 319. The van der Waals surface area contributed by atoms with Crippen molar-refractivity contribution in [3.05, 3.63) is 12.2 Å². The summed E-state index contributed by atoms with van der Waals surface area (Å²) in [5, 5.41) is 0. The van der Waals surface area contributed by atoms with Crippen LogP contribution in [-0.2, 0) is 9.53 Å². The third kappa shape index (κ3) is 17.3. The van der Waals surface area contributed by atoms with Gasteiger partial charge in [-0.1, -0.05) is 70.4 Å². The Morgan fingerprint density at radius 3 is 1.88 bits per heavy atom. The molecular weight excluding hydrogens is 321 g/mol. The van der Waals surface area contributed by atoms with E-state index in [2.05, 4.69) is 19.1 Å². The zero-order valence-corrected chi connectivity index (χ0v) is 16.4. The molecule has 0 aromatic rings. The first-order valence-electron chi connectivity index (χ1n) is 10.1. The van der Waals surface area contributed by atoms with Crippen LogP contribution in [0.4, 0.5) is 0 Å². The molecule has 0 aliphatic carbocycles. The molecule has 0 aromatic heterocycles. The summed E-state index contributed by atoms with van der Waals surface area (Å²) < 4.78 is 4.82. The minimum atomic E-state index is -0.164. The Morgan fingerprint density at radius 2 is 1.40 bits per heavy atom. The maximum atomic E-state index is 11.6. The van der Waals surface area contributed by atoms with E-state index in [4.69, 9.17) is 10.5 Å². The van der Waals surface area contributed by atoms with E-state index < -0.39 is 0 Å². The van der Waals surface area contributed by atoms with Crippen LogP contribution in [0, 0.1) is 5.92 Å². The second-order valence-electron chi connectivity index (χ2n) is 7.01. The SMILES string of the molecule is CCCCCCCC/C=C\CCCCCCC(C(=O)OC)C(C)N.[NaH]. The fourth-order valence-corrected chi connectivity index (χ4v) is 3.00. The number of ether oxygens (including phenoxy) is 1. The summed E-state index contributed by atoms with van der Waals surface area (Å²) in [5.74, 6) is -0.310. The molecule has 0 radical (unpaired) electrons. The van der Waals surface area contributed by atoms with Gasteiger partial charge >= 0.3 is 35.5 Å². The van der Waals surface area contributed by atoms with Crippen LogP contribution in [0.1, 0.15) is 97.3 Å². The molecule has 0 aliphatic heterocycles. The van der Waals surface area contributed by atoms with E-state index in [0.717, 1.165) is 12.8 Å². The van der Waals surface area contributed by atoms with Gasteiger partial charge in [0.25, 0.3) is 0 Å². The van der Waals surface area contributed by atoms with Crippen LogP contribution in [0.2, 0.25) is 0 Å². The van der Waals surface area contributed by atoms with Gasteiger partial charge in [-0.05, 0) is 39.0 Å². The van der Waals surface area contributed by atoms with Crippen molar-refractivity contribution >= 4 is 35.5 Å². The molecule has 2 unspecified atom stereocenters. The molecule has 0 spiro atoms. The van der Waals surface area contributed by atoms with Crippen molar-refractivity contribution in [1.29, 1.82) is 0 Å². The first-order chi connectivity index (χ1) is 11.6. The van der Waals surface area contributed by atoms with E-state index in [9.17, 15) is 4.79 Å². The first-order valence-corrected chi connectivity index (χ1v) is 10.1. The number of rotatable bonds is 16. The predicted molar refractivity (Wildman–Crippen MR) is 111 cm³/mol. The van der Waals surface area contributed by atoms with Gasteiger partial charge in [0, 0.05) is 6.04 Å². The number of allylic oxidation sites excluding steroid dienone is 2. The van der Waals surface area contributed by atoms with Crippen LogP contribution in [-0.4, -0.2) is 48.7 Å². The molecule has 0 saturated carbocycles. The third-order valence-corrected chi connectivity index (χ3v) is 4.67. The zero-order chi connectivity index (χ0) is 18.0. The Kier molecular flexibility index (Phi) is 22.4. The van der Waals surface area contributed by atoms with Gasteiger partial charge in [0.05, 0.1) is 13.0 Å². The second-order valence-corrected chi connectivity index (χ2v) is 7.01. The van der Waals surface area contributed by atoms with Crippen molar-refractivity contribution in [2.24, 2.45) is 11.7 Å². The summed E-state index contributed by atoms with van der Waals surface area (Å²) in [6, 6.07) is -0.123. The fraction of sp³-hybridized carbons (Fsp3) is 0.857. The van der Waals surface area contributed by atoms with Crippen molar-refractivity contribution in [3.8, 4) is 0 Å². The number of hydrogen-bond acceptors (Lipinski definition) is 3. The molecule has 4 heteroatoms. The van der Waals surface area contributed by atoms with Gasteiger partial charge in [-0.25, -0.2) is 0 Å². The zero-order valence-electron chi connectivity index (χ0n) is 16.4. The monoisotopic (exact) mass is 363 g/mol. The molecule has 0 amide bonds. The Hall–Kier alpha value is 0.170. The van der Waals surface area contributed by atoms with E-state index >= 15 is 0 Å². The molecule has 0 rings (SSSR count). The number of hydrogen-bond donors (Lipinski definition) is 1.